The van der Waals surface area contributed by atoms with Crippen molar-refractivity contribution in [2.45, 2.75) is 63.3 Å². The van der Waals surface area contributed by atoms with E-state index in [1.165, 1.54) is 23.1 Å². The second-order valence-corrected chi connectivity index (χ2v) is 12.0. The highest BCUT2D eigenvalue weighted by molar-refractivity contribution is 6.01. The first-order chi connectivity index (χ1) is 20.0. The van der Waals surface area contributed by atoms with Crippen molar-refractivity contribution in [3.8, 4) is 11.8 Å². The highest BCUT2D eigenvalue weighted by atomic mass is 16.5. The van der Waals surface area contributed by atoms with Crippen molar-refractivity contribution in [1.29, 1.82) is 5.26 Å². The number of carbonyl (C=O) groups is 4. The summed E-state index contributed by atoms with van der Waals surface area (Å²) in [6.45, 7) is 5.51. The molecule has 5 atom stereocenters. The van der Waals surface area contributed by atoms with Crippen LogP contribution in [0.15, 0.2) is 48.7 Å². The number of methoxy groups -OCH3 is 1. The second-order valence-electron chi connectivity index (χ2n) is 12.0. The van der Waals surface area contributed by atoms with Crippen LogP contribution in [0.4, 0.5) is 10.6 Å². The average molecular weight is 575 g/mol. The third kappa shape index (κ3) is 5.22. The van der Waals surface area contributed by atoms with Gasteiger partial charge in [-0.2, -0.15) is 5.26 Å². The third-order valence-corrected chi connectivity index (χ3v) is 8.18. The van der Waals surface area contributed by atoms with Gasteiger partial charge in [-0.15, -0.1) is 0 Å². The van der Waals surface area contributed by atoms with Gasteiger partial charge in [0.25, 0.3) is 5.91 Å². The number of carbonyl (C=O) groups excluding carboxylic acids is 4. The van der Waals surface area contributed by atoms with Crippen molar-refractivity contribution in [1.82, 2.24) is 20.1 Å². The molecule has 0 radical (unpaired) electrons. The van der Waals surface area contributed by atoms with E-state index in [1.807, 2.05) is 51.1 Å². The largest absolute Gasteiger partial charge is 0.472 e. The molecule has 12 heteroatoms. The summed E-state index contributed by atoms with van der Waals surface area (Å²) in [5, 5.41) is 15.4. The summed E-state index contributed by atoms with van der Waals surface area (Å²) >= 11 is 0. The standard InChI is InChI=1S/C30H34N6O6/c1-29(2,3)23(33-28(40)41-4)26(38)35-16-19(18-9-6-5-7-10-18)13-21(35)25(37)36-17-30(14-20(36)15-31)27(39)34-24-22(42-30)11-8-12-32-24/h5-12,19-21,23H,13-14,16-17H2,1-4H3,(H,33,40)(H,32,34,39). The molecule has 42 heavy (non-hydrogen) atoms. The summed E-state index contributed by atoms with van der Waals surface area (Å²) in [6, 6.07) is 12.2. The zero-order valence-corrected chi connectivity index (χ0v) is 24.0. The predicted molar refractivity (Wildman–Crippen MR) is 150 cm³/mol. The SMILES string of the molecule is COC(=O)NC(C(=O)N1CC(c2ccccc2)CC1C(=O)N1CC2(CC1C#N)Oc1cccnc1NC2=O)C(C)(C)C. The molecule has 2 fully saturated rings. The molecule has 1 spiro atoms. The number of pyridine rings is 1. The first-order valence-electron chi connectivity index (χ1n) is 13.8. The fourth-order valence-electron chi connectivity index (χ4n) is 5.97. The number of fused-ring (bicyclic) bond motifs is 1. The molecule has 220 valence electrons. The smallest absolute Gasteiger partial charge is 0.407 e. The molecule has 2 aromatic rings. The summed E-state index contributed by atoms with van der Waals surface area (Å²) in [7, 11) is 1.22. The Balaban J connectivity index is 1.47. The number of anilines is 1. The Morgan fingerprint density at radius 1 is 1.19 bits per heavy atom. The van der Waals surface area contributed by atoms with E-state index in [4.69, 9.17) is 9.47 Å². The van der Waals surface area contributed by atoms with E-state index in [0.29, 0.717) is 12.2 Å². The van der Waals surface area contributed by atoms with Crippen LogP contribution in [-0.4, -0.2) is 82.5 Å². The van der Waals surface area contributed by atoms with Gasteiger partial charge in [-0.05, 0) is 29.5 Å². The average Bonchev–Trinajstić information content (AvgIpc) is 3.59. The summed E-state index contributed by atoms with van der Waals surface area (Å²) in [4.78, 5) is 60.8. The number of nitrogens with one attached hydrogen (secondary N) is 2. The number of nitriles is 1. The molecule has 5 rings (SSSR count). The van der Waals surface area contributed by atoms with E-state index in [9.17, 15) is 24.4 Å². The molecule has 3 aliphatic rings. The molecule has 2 N–H and O–H groups in total. The molecule has 0 saturated carbocycles. The number of nitrogens with zero attached hydrogens (tertiary/aromatic N) is 4. The van der Waals surface area contributed by atoms with Crippen LogP contribution in [0.5, 0.6) is 5.75 Å². The molecule has 12 nitrogen and oxygen atoms in total. The maximum absolute atomic E-state index is 14.3. The van der Waals surface area contributed by atoms with Crippen LogP contribution in [0, 0.1) is 16.7 Å². The van der Waals surface area contributed by atoms with E-state index >= 15 is 0 Å². The monoisotopic (exact) mass is 574 g/mol. The quantitative estimate of drug-likeness (QED) is 0.565. The lowest BCUT2D eigenvalue weighted by molar-refractivity contribution is -0.147. The molecular weight excluding hydrogens is 540 g/mol. The summed E-state index contributed by atoms with van der Waals surface area (Å²) in [5.41, 5.74) is -1.21. The van der Waals surface area contributed by atoms with Gasteiger partial charge >= 0.3 is 6.09 Å². The molecule has 3 aliphatic heterocycles. The molecule has 5 unspecified atom stereocenters. The number of benzene rings is 1. The topological polar surface area (TPSA) is 154 Å². The Kier molecular flexibility index (Phi) is 7.53. The minimum absolute atomic E-state index is 0.0350. The van der Waals surface area contributed by atoms with Gasteiger partial charge in [0.15, 0.2) is 11.6 Å². The van der Waals surface area contributed by atoms with Crippen molar-refractivity contribution >= 4 is 29.6 Å². The van der Waals surface area contributed by atoms with Crippen molar-refractivity contribution in [2.24, 2.45) is 5.41 Å². The van der Waals surface area contributed by atoms with Gasteiger partial charge in [0.1, 0.15) is 18.1 Å². The van der Waals surface area contributed by atoms with Crippen molar-refractivity contribution in [3.05, 3.63) is 54.2 Å². The number of likely N-dealkylation sites (tertiary alicyclic amines) is 2. The summed E-state index contributed by atoms with van der Waals surface area (Å²) in [5.74, 6) is -0.904. The number of alkyl carbamates (subject to hydrolysis) is 1. The second kappa shape index (κ2) is 11.0. The van der Waals surface area contributed by atoms with Crippen LogP contribution in [-0.2, 0) is 19.1 Å². The van der Waals surface area contributed by atoms with Gasteiger partial charge in [0.05, 0.1) is 19.7 Å². The molecule has 4 amide bonds. The molecule has 4 heterocycles. The van der Waals surface area contributed by atoms with Crippen LogP contribution in [0.1, 0.15) is 45.1 Å². The zero-order valence-electron chi connectivity index (χ0n) is 24.0. The molecular formula is C30H34N6O6. The molecule has 0 bridgehead atoms. The molecule has 1 aromatic heterocycles. The van der Waals surface area contributed by atoms with Gasteiger partial charge in [0, 0.05) is 25.1 Å². The normalized spacial score (nSPS) is 25.6. The van der Waals surface area contributed by atoms with Crippen molar-refractivity contribution < 1.29 is 28.7 Å². The van der Waals surface area contributed by atoms with Crippen LogP contribution in [0.25, 0.3) is 0 Å². The van der Waals surface area contributed by atoms with E-state index in [1.54, 1.807) is 12.1 Å². The van der Waals surface area contributed by atoms with Crippen LogP contribution >= 0.6 is 0 Å². The van der Waals surface area contributed by atoms with Gasteiger partial charge in [0.2, 0.25) is 17.4 Å². The van der Waals surface area contributed by atoms with E-state index in [2.05, 4.69) is 21.7 Å². The van der Waals surface area contributed by atoms with E-state index < -0.39 is 53.0 Å². The van der Waals surface area contributed by atoms with Gasteiger partial charge in [-0.25, -0.2) is 9.78 Å². The lowest BCUT2D eigenvalue weighted by atomic mass is 9.85. The highest BCUT2D eigenvalue weighted by Crippen LogP contribution is 2.41. The summed E-state index contributed by atoms with van der Waals surface area (Å²) in [6.07, 6.45) is 1.04. The Morgan fingerprint density at radius 3 is 2.60 bits per heavy atom. The van der Waals surface area contributed by atoms with Crippen molar-refractivity contribution in [2.75, 3.05) is 25.5 Å². The Bertz CT molecular complexity index is 1440. The van der Waals surface area contributed by atoms with Gasteiger partial charge in [-0.1, -0.05) is 51.1 Å². The number of amides is 4. The maximum atomic E-state index is 14.3. The predicted octanol–water partition coefficient (Wildman–Crippen LogP) is 2.43. The van der Waals surface area contributed by atoms with Gasteiger partial charge in [-0.3, -0.25) is 14.4 Å². The maximum Gasteiger partial charge on any atom is 0.407 e. The fraction of sp³-hybridized carbons (Fsp3) is 0.467. The van der Waals surface area contributed by atoms with Gasteiger partial charge < -0.3 is 29.9 Å². The molecule has 0 aliphatic carbocycles. The first-order valence-corrected chi connectivity index (χ1v) is 13.8. The number of rotatable bonds is 4. The molecule has 1 aromatic carbocycles. The van der Waals surface area contributed by atoms with E-state index in [0.717, 1.165) is 5.56 Å². The zero-order chi connectivity index (χ0) is 30.2. The van der Waals surface area contributed by atoms with Crippen LogP contribution in [0.2, 0.25) is 0 Å². The Hall–Kier alpha value is -4.66. The number of ether oxygens (including phenoxy) is 2. The highest BCUT2D eigenvalue weighted by Gasteiger charge is 2.57. The van der Waals surface area contributed by atoms with E-state index in [-0.39, 0.29) is 31.2 Å². The number of aromatic nitrogens is 1. The minimum atomic E-state index is -1.47. The fourth-order valence-corrected chi connectivity index (χ4v) is 5.97. The Morgan fingerprint density at radius 2 is 1.93 bits per heavy atom. The van der Waals surface area contributed by atoms with Crippen LogP contribution < -0.4 is 15.4 Å². The first kappa shape index (κ1) is 28.9. The van der Waals surface area contributed by atoms with Crippen molar-refractivity contribution in [3.63, 3.8) is 0 Å². The number of hydrogen-bond acceptors (Lipinski definition) is 8. The Labute approximate surface area is 244 Å². The lowest BCUT2D eigenvalue weighted by Crippen LogP contribution is -2.59. The lowest BCUT2D eigenvalue weighted by Gasteiger charge is -2.36. The summed E-state index contributed by atoms with van der Waals surface area (Å²) < 4.78 is 10.9. The molecule has 2 saturated heterocycles. The third-order valence-electron chi connectivity index (χ3n) is 8.18. The number of hydrogen-bond donors (Lipinski definition) is 2. The minimum Gasteiger partial charge on any atom is -0.472 e. The van der Waals surface area contributed by atoms with Crippen LogP contribution in [0.3, 0.4) is 0 Å².